The summed E-state index contributed by atoms with van der Waals surface area (Å²) in [5, 5.41) is 22.4. The first-order valence-electron chi connectivity index (χ1n) is 10.4. The molecule has 1 atom stereocenters. The standard InChI is InChI=1S/C22H30N4O6/c1-25-15-18(20(32-12-11-30-2)13-19(25)21(28)29)24-22(26-7-9-31-10-8-26)23-14-16-3-5-17(27)6-4-16/h3-6,13,15,19,27H,7-12,14H2,1-2H3,(H,23,24)(H,28,29). The number of hydrogen-bond acceptors (Lipinski definition) is 7. The van der Waals surface area contributed by atoms with Gasteiger partial charge in [0.15, 0.2) is 5.96 Å². The molecule has 0 bridgehead atoms. The fraction of sp³-hybridized carbons (Fsp3) is 0.455. The van der Waals surface area contributed by atoms with Crippen LogP contribution >= 0.6 is 0 Å². The predicted molar refractivity (Wildman–Crippen MR) is 118 cm³/mol. The van der Waals surface area contributed by atoms with E-state index in [1.54, 1.807) is 43.5 Å². The Morgan fingerprint density at radius 3 is 2.62 bits per heavy atom. The second kappa shape index (κ2) is 11.4. The lowest BCUT2D eigenvalue weighted by Gasteiger charge is -2.33. The average molecular weight is 447 g/mol. The molecule has 3 N–H and O–H groups in total. The first-order valence-corrected chi connectivity index (χ1v) is 10.4. The zero-order valence-corrected chi connectivity index (χ0v) is 18.4. The number of phenolic OH excluding ortho intramolecular Hbond substituents is 1. The van der Waals surface area contributed by atoms with Gasteiger partial charge in [-0.3, -0.25) is 0 Å². The van der Waals surface area contributed by atoms with Crippen molar-refractivity contribution in [2.75, 3.05) is 53.7 Å². The van der Waals surface area contributed by atoms with E-state index in [-0.39, 0.29) is 12.4 Å². The fourth-order valence-electron chi connectivity index (χ4n) is 3.28. The molecular weight excluding hydrogens is 416 g/mol. The lowest BCUT2D eigenvalue weighted by atomic mass is 10.1. The van der Waals surface area contributed by atoms with Crippen molar-refractivity contribution in [3.8, 4) is 5.75 Å². The third-order valence-corrected chi connectivity index (χ3v) is 5.05. The predicted octanol–water partition coefficient (Wildman–Crippen LogP) is 0.957. The summed E-state index contributed by atoms with van der Waals surface area (Å²) in [6.45, 7) is 3.60. The number of aliphatic carboxylic acids is 1. The minimum Gasteiger partial charge on any atom is -0.508 e. The molecule has 1 unspecified atom stereocenters. The van der Waals surface area contributed by atoms with Crippen molar-refractivity contribution in [1.82, 2.24) is 15.1 Å². The maximum absolute atomic E-state index is 11.6. The van der Waals surface area contributed by atoms with E-state index in [9.17, 15) is 15.0 Å². The first-order chi connectivity index (χ1) is 15.5. The molecule has 1 aromatic rings. The number of guanidine groups is 1. The van der Waals surface area contributed by atoms with Crippen LogP contribution in [0.25, 0.3) is 0 Å². The van der Waals surface area contributed by atoms with E-state index >= 15 is 0 Å². The number of phenols is 1. The summed E-state index contributed by atoms with van der Waals surface area (Å²) in [6, 6.07) is 6.06. The molecule has 1 saturated heterocycles. The summed E-state index contributed by atoms with van der Waals surface area (Å²) in [7, 11) is 3.28. The van der Waals surface area contributed by atoms with Crippen LogP contribution < -0.4 is 5.32 Å². The molecule has 0 aliphatic carbocycles. The number of aliphatic imine (C=N–C) groups is 1. The number of hydrogen-bond donors (Lipinski definition) is 3. The van der Waals surface area contributed by atoms with Crippen molar-refractivity contribution < 1.29 is 29.2 Å². The summed E-state index contributed by atoms with van der Waals surface area (Å²) in [5.74, 6) is 0.301. The molecule has 0 radical (unpaired) electrons. The van der Waals surface area contributed by atoms with Crippen molar-refractivity contribution in [3.05, 3.63) is 53.6 Å². The summed E-state index contributed by atoms with van der Waals surface area (Å²) in [5.41, 5.74) is 1.56. The Kier molecular flexibility index (Phi) is 8.34. The van der Waals surface area contributed by atoms with Gasteiger partial charge in [-0.1, -0.05) is 12.1 Å². The number of carboxylic acid groups (broad SMARTS) is 1. The molecule has 1 aromatic carbocycles. The number of aromatic hydroxyl groups is 1. The van der Waals surface area contributed by atoms with E-state index in [1.807, 2.05) is 12.1 Å². The van der Waals surface area contributed by atoms with E-state index in [2.05, 4.69) is 10.2 Å². The number of likely N-dealkylation sites (N-methyl/N-ethyl adjacent to an activating group) is 1. The molecule has 2 heterocycles. The highest BCUT2D eigenvalue weighted by molar-refractivity contribution is 5.83. The molecule has 0 saturated carbocycles. The minimum atomic E-state index is -0.968. The number of benzene rings is 1. The number of carbonyl (C=O) groups is 1. The van der Waals surface area contributed by atoms with Crippen LogP contribution in [0, 0.1) is 0 Å². The van der Waals surface area contributed by atoms with Crippen molar-refractivity contribution in [2.24, 2.45) is 4.99 Å². The Morgan fingerprint density at radius 1 is 1.25 bits per heavy atom. The Hall–Kier alpha value is -3.24. The van der Waals surface area contributed by atoms with E-state index in [4.69, 9.17) is 19.2 Å². The third kappa shape index (κ3) is 6.38. The largest absolute Gasteiger partial charge is 0.508 e. The van der Waals surface area contributed by atoms with Crippen LogP contribution in [-0.4, -0.2) is 91.7 Å². The van der Waals surface area contributed by atoms with Crippen LogP contribution in [0.3, 0.4) is 0 Å². The summed E-state index contributed by atoms with van der Waals surface area (Å²) < 4.78 is 16.3. The van der Waals surface area contributed by atoms with Crippen molar-refractivity contribution in [3.63, 3.8) is 0 Å². The third-order valence-electron chi connectivity index (χ3n) is 5.05. The van der Waals surface area contributed by atoms with Crippen molar-refractivity contribution in [2.45, 2.75) is 12.6 Å². The van der Waals surface area contributed by atoms with Crippen molar-refractivity contribution in [1.29, 1.82) is 0 Å². The molecule has 0 spiro atoms. The highest BCUT2D eigenvalue weighted by Crippen LogP contribution is 2.20. The van der Waals surface area contributed by atoms with E-state index in [1.165, 1.54) is 0 Å². The molecule has 10 nitrogen and oxygen atoms in total. The number of methoxy groups -OCH3 is 1. The van der Waals surface area contributed by atoms with Crippen LogP contribution in [0.1, 0.15) is 5.56 Å². The number of rotatable bonds is 8. The van der Waals surface area contributed by atoms with Crippen LogP contribution in [0.15, 0.2) is 53.0 Å². The Bertz CT molecular complexity index is 862. The number of ether oxygens (including phenoxy) is 3. The molecule has 0 amide bonds. The van der Waals surface area contributed by atoms with Gasteiger partial charge in [-0.05, 0) is 23.8 Å². The lowest BCUT2D eigenvalue weighted by Crippen LogP contribution is -2.48. The highest BCUT2D eigenvalue weighted by atomic mass is 16.5. The van der Waals surface area contributed by atoms with Gasteiger partial charge < -0.3 is 39.5 Å². The maximum Gasteiger partial charge on any atom is 0.330 e. The van der Waals surface area contributed by atoms with Crippen LogP contribution in [0.5, 0.6) is 5.75 Å². The molecule has 3 rings (SSSR count). The number of carboxylic acids is 1. The van der Waals surface area contributed by atoms with Gasteiger partial charge in [0.05, 0.1) is 32.1 Å². The van der Waals surface area contributed by atoms with Gasteiger partial charge in [0.2, 0.25) is 0 Å². The van der Waals surface area contributed by atoms with Gasteiger partial charge in [0.25, 0.3) is 0 Å². The minimum absolute atomic E-state index is 0.204. The first kappa shape index (κ1) is 23.4. The lowest BCUT2D eigenvalue weighted by molar-refractivity contribution is -0.140. The monoisotopic (exact) mass is 446 g/mol. The quantitative estimate of drug-likeness (QED) is 0.305. The SMILES string of the molecule is COCCOC1=CC(C(=O)O)N(C)C=C1NC(=NCc1ccc(O)cc1)N1CCOCC1. The Labute approximate surface area is 187 Å². The van der Waals surface area contributed by atoms with Gasteiger partial charge in [0, 0.05) is 33.4 Å². The molecule has 2 aliphatic rings. The Balaban J connectivity index is 1.83. The molecule has 2 aliphatic heterocycles. The summed E-state index contributed by atoms with van der Waals surface area (Å²) >= 11 is 0. The molecule has 32 heavy (non-hydrogen) atoms. The van der Waals surface area contributed by atoms with Gasteiger partial charge in [0.1, 0.15) is 24.2 Å². The molecule has 0 aromatic heterocycles. The van der Waals surface area contributed by atoms with Crippen LogP contribution in [0.4, 0.5) is 0 Å². The topological polar surface area (TPSA) is 116 Å². The fourth-order valence-corrected chi connectivity index (χ4v) is 3.28. The Morgan fingerprint density at radius 2 is 1.97 bits per heavy atom. The summed E-state index contributed by atoms with van der Waals surface area (Å²) in [6.07, 6.45) is 3.27. The van der Waals surface area contributed by atoms with Crippen LogP contribution in [-0.2, 0) is 25.5 Å². The normalized spacial score (nSPS) is 19.3. The van der Waals surface area contributed by atoms with Gasteiger partial charge in [-0.2, -0.15) is 0 Å². The van der Waals surface area contributed by atoms with Crippen molar-refractivity contribution >= 4 is 11.9 Å². The second-order valence-electron chi connectivity index (χ2n) is 7.39. The van der Waals surface area contributed by atoms with Gasteiger partial charge in [-0.15, -0.1) is 0 Å². The highest BCUT2D eigenvalue weighted by Gasteiger charge is 2.28. The zero-order chi connectivity index (χ0) is 22.9. The smallest absolute Gasteiger partial charge is 0.330 e. The molecule has 174 valence electrons. The molecule has 10 heteroatoms. The van der Waals surface area contributed by atoms with Gasteiger partial charge in [-0.25, -0.2) is 9.79 Å². The molecular formula is C22H30N4O6. The average Bonchev–Trinajstić information content (AvgIpc) is 2.79. The van der Waals surface area contributed by atoms with E-state index in [0.29, 0.717) is 56.9 Å². The van der Waals surface area contributed by atoms with E-state index < -0.39 is 12.0 Å². The van der Waals surface area contributed by atoms with E-state index in [0.717, 1.165) is 5.56 Å². The number of nitrogens with zero attached hydrogens (tertiary/aromatic N) is 3. The molecule has 1 fully saturated rings. The van der Waals surface area contributed by atoms with Gasteiger partial charge >= 0.3 is 5.97 Å². The number of nitrogens with one attached hydrogen (secondary N) is 1. The van der Waals surface area contributed by atoms with Crippen LogP contribution in [0.2, 0.25) is 0 Å². The second-order valence-corrected chi connectivity index (χ2v) is 7.39. The zero-order valence-electron chi connectivity index (χ0n) is 18.4. The number of morpholine rings is 1. The maximum atomic E-state index is 11.6. The summed E-state index contributed by atoms with van der Waals surface area (Å²) in [4.78, 5) is 20.1.